The van der Waals surface area contributed by atoms with E-state index in [2.05, 4.69) is 42.4 Å². The normalized spacial score (nSPS) is 37.0. The predicted molar refractivity (Wildman–Crippen MR) is 82.7 cm³/mol. The number of hydrogen-bond acceptors (Lipinski definition) is 2. The molecular formula is C18H22N2. The van der Waals surface area contributed by atoms with E-state index in [1.54, 1.807) is 11.1 Å². The molecule has 2 N–H and O–H groups in total. The van der Waals surface area contributed by atoms with Crippen molar-refractivity contribution in [1.29, 1.82) is 0 Å². The number of hydrogen-bond donors (Lipinski definition) is 1. The van der Waals surface area contributed by atoms with Gasteiger partial charge in [0.05, 0.1) is 0 Å². The van der Waals surface area contributed by atoms with Crippen LogP contribution in [-0.4, -0.2) is 5.71 Å². The van der Waals surface area contributed by atoms with Gasteiger partial charge in [0.2, 0.25) is 0 Å². The highest BCUT2D eigenvalue weighted by Gasteiger charge is 2.50. The number of fused-ring (bicyclic) bond motifs is 5. The van der Waals surface area contributed by atoms with Crippen molar-refractivity contribution >= 4 is 5.71 Å². The zero-order valence-corrected chi connectivity index (χ0v) is 12.1. The Bertz CT molecular complexity index is 614. The van der Waals surface area contributed by atoms with Gasteiger partial charge in [0.25, 0.3) is 0 Å². The van der Waals surface area contributed by atoms with Gasteiger partial charge >= 0.3 is 0 Å². The first-order valence-electron chi connectivity index (χ1n) is 7.79. The summed E-state index contributed by atoms with van der Waals surface area (Å²) >= 11 is 0. The molecule has 2 fully saturated rings. The third-order valence-electron chi connectivity index (χ3n) is 6.00. The second-order valence-corrected chi connectivity index (χ2v) is 6.78. The molecule has 0 bridgehead atoms. The Labute approximate surface area is 120 Å². The van der Waals surface area contributed by atoms with Gasteiger partial charge in [0.1, 0.15) is 0 Å². The third-order valence-corrected chi connectivity index (χ3v) is 6.00. The number of nitrogens with zero attached hydrogens (tertiary/aromatic N) is 1. The van der Waals surface area contributed by atoms with Crippen LogP contribution in [0.1, 0.15) is 49.7 Å². The molecule has 0 aromatic heterocycles. The molecule has 3 aliphatic rings. The summed E-state index contributed by atoms with van der Waals surface area (Å²) in [6.07, 6.45) is 8.40. The highest BCUT2D eigenvalue weighted by Crippen LogP contribution is 2.58. The molecule has 2 saturated carbocycles. The minimum Gasteiger partial charge on any atom is -0.323 e. The van der Waals surface area contributed by atoms with Crippen LogP contribution in [0.3, 0.4) is 0 Å². The zero-order chi connectivity index (χ0) is 13.7. The van der Waals surface area contributed by atoms with Crippen molar-refractivity contribution in [3.8, 4) is 0 Å². The van der Waals surface area contributed by atoms with Gasteiger partial charge in [0.15, 0.2) is 0 Å². The van der Waals surface area contributed by atoms with E-state index in [1.807, 2.05) is 0 Å². The van der Waals surface area contributed by atoms with Crippen molar-refractivity contribution < 1.29 is 0 Å². The first-order valence-corrected chi connectivity index (χ1v) is 7.79. The standard InChI is InChI=1S/C18H22N2/c1-18-11-10-14-13-5-3-2-4-12(13)6-7-15(14)16(18)8-9-17(18)20-19/h2-5,7,14,16H,6,8-11,19H2,1H3/t14-,16+,18+/m1/s1. The monoisotopic (exact) mass is 266 g/mol. The van der Waals surface area contributed by atoms with E-state index in [-0.39, 0.29) is 5.41 Å². The molecule has 0 amide bonds. The molecule has 20 heavy (non-hydrogen) atoms. The average Bonchev–Trinajstić information content (AvgIpc) is 2.83. The number of allylic oxidation sites excluding steroid dienone is 2. The lowest BCUT2D eigenvalue weighted by atomic mass is 9.60. The lowest BCUT2D eigenvalue weighted by molar-refractivity contribution is 0.256. The van der Waals surface area contributed by atoms with E-state index in [4.69, 9.17) is 5.84 Å². The van der Waals surface area contributed by atoms with Crippen molar-refractivity contribution in [2.75, 3.05) is 0 Å². The van der Waals surface area contributed by atoms with Gasteiger partial charge in [-0.05, 0) is 49.1 Å². The maximum absolute atomic E-state index is 5.64. The quantitative estimate of drug-likeness (QED) is 0.433. The zero-order valence-electron chi connectivity index (χ0n) is 12.1. The molecule has 1 aromatic carbocycles. The fourth-order valence-corrected chi connectivity index (χ4v) is 4.91. The molecule has 3 aliphatic carbocycles. The van der Waals surface area contributed by atoms with Crippen molar-refractivity contribution in [3.63, 3.8) is 0 Å². The van der Waals surface area contributed by atoms with E-state index < -0.39 is 0 Å². The van der Waals surface area contributed by atoms with Crippen LogP contribution in [0.5, 0.6) is 0 Å². The maximum atomic E-state index is 5.64. The molecule has 0 spiro atoms. The van der Waals surface area contributed by atoms with Crippen LogP contribution in [-0.2, 0) is 6.42 Å². The summed E-state index contributed by atoms with van der Waals surface area (Å²) in [4.78, 5) is 0. The smallest absolute Gasteiger partial charge is 0.0441 e. The lowest BCUT2D eigenvalue weighted by Crippen LogP contribution is -2.37. The molecule has 2 heteroatoms. The van der Waals surface area contributed by atoms with Crippen LogP contribution in [0, 0.1) is 11.3 Å². The summed E-state index contributed by atoms with van der Waals surface area (Å²) in [6, 6.07) is 8.98. The summed E-state index contributed by atoms with van der Waals surface area (Å²) in [5.74, 6) is 6.95. The first kappa shape index (κ1) is 12.2. The second-order valence-electron chi connectivity index (χ2n) is 6.78. The van der Waals surface area contributed by atoms with E-state index in [0.29, 0.717) is 11.8 Å². The summed E-state index contributed by atoms with van der Waals surface area (Å²) in [5, 5.41) is 4.11. The van der Waals surface area contributed by atoms with Gasteiger partial charge in [-0.25, -0.2) is 0 Å². The first-order chi connectivity index (χ1) is 9.74. The van der Waals surface area contributed by atoms with Crippen molar-refractivity contribution in [1.82, 2.24) is 0 Å². The van der Waals surface area contributed by atoms with E-state index in [1.165, 1.54) is 30.5 Å². The minimum absolute atomic E-state index is 0.226. The second kappa shape index (κ2) is 4.21. The molecule has 3 atom stereocenters. The van der Waals surface area contributed by atoms with Crippen LogP contribution < -0.4 is 5.84 Å². The van der Waals surface area contributed by atoms with Crippen LogP contribution in [0.15, 0.2) is 41.0 Å². The van der Waals surface area contributed by atoms with E-state index in [0.717, 1.165) is 12.8 Å². The Balaban J connectivity index is 1.77. The molecule has 0 unspecified atom stereocenters. The third kappa shape index (κ3) is 1.48. The van der Waals surface area contributed by atoms with Gasteiger partial charge in [0, 0.05) is 17.0 Å². The Morgan fingerprint density at radius 3 is 2.95 bits per heavy atom. The fourth-order valence-electron chi connectivity index (χ4n) is 4.91. The molecule has 2 nitrogen and oxygen atoms in total. The molecule has 4 rings (SSSR count). The summed E-state index contributed by atoms with van der Waals surface area (Å²) in [7, 11) is 0. The summed E-state index contributed by atoms with van der Waals surface area (Å²) in [6.45, 7) is 2.38. The van der Waals surface area contributed by atoms with Gasteiger partial charge in [-0.2, -0.15) is 5.10 Å². The maximum Gasteiger partial charge on any atom is 0.0441 e. The van der Waals surface area contributed by atoms with E-state index in [9.17, 15) is 0 Å². The van der Waals surface area contributed by atoms with E-state index >= 15 is 0 Å². The van der Waals surface area contributed by atoms with Crippen LogP contribution in [0.25, 0.3) is 0 Å². The van der Waals surface area contributed by atoms with Crippen molar-refractivity contribution in [3.05, 3.63) is 47.0 Å². The molecular weight excluding hydrogens is 244 g/mol. The Morgan fingerprint density at radius 1 is 1.25 bits per heavy atom. The summed E-state index contributed by atoms with van der Waals surface area (Å²) < 4.78 is 0. The molecule has 0 heterocycles. The molecule has 1 aromatic rings. The van der Waals surface area contributed by atoms with Crippen molar-refractivity contribution in [2.24, 2.45) is 22.3 Å². The highest BCUT2D eigenvalue weighted by atomic mass is 15.1. The molecule has 0 aliphatic heterocycles. The number of nitrogens with two attached hydrogens (primary N) is 1. The van der Waals surface area contributed by atoms with Gasteiger partial charge in [-0.15, -0.1) is 0 Å². The lowest BCUT2D eigenvalue weighted by Gasteiger charge is -2.44. The van der Waals surface area contributed by atoms with Gasteiger partial charge < -0.3 is 5.84 Å². The fraction of sp³-hybridized carbons (Fsp3) is 0.500. The minimum atomic E-state index is 0.226. The molecule has 0 saturated heterocycles. The Hall–Kier alpha value is -1.57. The highest BCUT2D eigenvalue weighted by molar-refractivity contribution is 5.93. The topological polar surface area (TPSA) is 38.4 Å². The van der Waals surface area contributed by atoms with Crippen LogP contribution >= 0.6 is 0 Å². The Kier molecular flexibility index (Phi) is 2.57. The van der Waals surface area contributed by atoms with Gasteiger partial charge in [-0.3, -0.25) is 0 Å². The van der Waals surface area contributed by atoms with Crippen LogP contribution in [0.2, 0.25) is 0 Å². The van der Waals surface area contributed by atoms with Crippen LogP contribution in [0.4, 0.5) is 0 Å². The Morgan fingerprint density at radius 2 is 2.10 bits per heavy atom. The number of hydrazone groups is 1. The SMILES string of the molecule is C[C@]12CC[C@H]3C(=CCc4ccccc43)[C@@H]1CCC2=NN. The average molecular weight is 266 g/mol. The van der Waals surface area contributed by atoms with Gasteiger partial charge in [-0.1, -0.05) is 42.8 Å². The molecule has 104 valence electrons. The largest absolute Gasteiger partial charge is 0.323 e. The molecule has 0 radical (unpaired) electrons. The number of benzene rings is 1. The number of rotatable bonds is 0. The predicted octanol–water partition coefficient (Wildman–Crippen LogP) is 3.78. The summed E-state index contributed by atoms with van der Waals surface area (Å²) in [5.41, 5.74) is 6.25. The van der Waals surface area contributed by atoms with Crippen molar-refractivity contribution in [2.45, 2.75) is 44.9 Å².